The Hall–Kier alpha value is -0.410. The van der Waals surface area contributed by atoms with E-state index in [9.17, 15) is 0 Å². The molecule has 1 aromatic heterocycles. The Balaban J connectivity index is 1.60. The van der Waals surface area contributed by atoms with Crippen molar-refractivity contribution >= 4 is 11.3 Å². The van der Waals surface area contributed by atoms with Gasteiger partial charge in [0.05, 0.1) is 11.7 Å². The minimum atomic E-state index is 0.570. The van der Waals surface area contributed by atoms with E-state index in [1.54, 1.807) is 4.88 Å². The Morgan fingerprint density at radius 1 is 1.17 bits per heavy atom. The number of hydrogen-bond acceptors (Lipinski definition) is 3. The Kier molecular flexibility index (Phi) is 2.73. The molecule has 1 N–H and O–H groups in total. The van der Waals surface area contributed by atoms with Crippen molar-refractivity contribution in [2.75, 3.05) is 6.54 Å². The molecule has 3 aliphatic rings. The number of aryl methyl sites for hydroxylation is 1. The topological polar surface area (TPSA) is 24.9 Å². The molecule has 0 aromatic carbocycles. The van der Waals surface area contributed by atoms with Crippen LogP contribution in [0.3, 0.4) is 0 Å². The van der Waals surface area contributed by atoms with Crippen LogP contribution >= 0.6 is 11.3 Å². The molecule has 2 fully saturated rings. The number of aromatic nitrogens is 1. The molecule has 18 heavy (non-hydrogen) atoms. The van der Waals surface area contributed by atoms with Crippen molar-refractivity contribution in [2.24, 2.45) is 5.41 Å². The van der Waals surface area contributed by atoms with E-state index < -0.39 is 0 Å². The molecule has 98 valence electrons. The maximum atomic E-state index is 4.94. The average Bonchev–Trinajstić information content (AvgIpc) is 3.07. The van der Waals surface area contributed by atoms with E-state index in [1.165, 1.54) is 75.0 Å². The first-order valence-corrected chi connectivity index (χ1v) is 8.38. The second-order valence-electron chi connectivity index (χ2n) is 6.45. The van der Waals surface area contributed by atoms with Gasteiger partial charge in [0.15, 0.2) is 0 Å². The molecular formula is C15H22N2S. The third-order valence-electron chi connectivity index (χ3n) is 5.25. The number of thiazole rings is 1. The SMILES string of the molecule is C1CNC(c2nc3c(s2)CC2(CCCC2)CC3)C1. The van der Waals surface area contributed by atoms with E-state index in [0.29, 0.717) is 11.5 Å². The zero-order valence-electron chi connectivity index (χ0n) is 11.0. The molecule has 1 spiro atoms. The highest BCUT2D eigenvalue weighted by molar-refractivity contribution is 7.11. The van der Waals surface area contributed by atoms with Gasteiger partial charge in [-0.05, 0) is 56.9 Å². The fraction of sp³-hybridized carbons (Fsp3) is 0.800. The van der Waals surface area contributed by atoms with Gasteiger partial charge in [-0.1, -0.05) is 12.8 Å². The minimum absolute atomic E-state index is 0.570. The molecule has 1 atom stereocenters. The fourth-order valence-electron chi connectivity index (χ4n) is 4.15. The third-order valence-corrected chi connectivity index (χ3v) is 6.46. The predicted octanol–water partition coefficient (Wildman–Crippen LogP) is 3.62. The van der Waals surface area contributed by atoms with Crippen molar-refractivity contribution in [2.45, 2.75) is 63.8 Å². The smallest absolute Gasteiger partial charge is 0.110 e. The summed E-state index contributed by atoms with van der Waals surface area (Å²) in [5.41, 5.74) is 2.13. The molecule has 1 saturated carbocycles. The summed E-state index contributed by atoms with van der Waals surface area (Å²) < 4.78 is 0. The van der Waals surface area contributed by atoms with Gasteiger partial charge in [0.1, 0.15) is 5.01 Å². The van der Waals surface area contributed by atoms with Crippen molar-refractivity contribution in [1.29, 1.82) is 0 Å². The van der Waals surface area contributed by atoms with E-state index >= 15 is 0 Å². The summed E-state index contributed by atoms with van der Waals surface area (Å²) in [5, 5.41) is 4.97. The van der Waals surface area contributed by atoms with Crippen molar-refractivity contribution in [3.63, 3.8) is 0 Å². The fourth-order valence-corrected chi connectivity index (χ4v) is 5.54. The lowest BCUT2D eigenvalue weighted by Crippen LogP contribution is -2.24. The summed E-state index contributed by atoms with van der Waals surface area (Å²) in [4.78, 5) is 6.57. The molecule has 2 aliphatic carbocycles. The highest BCUT2D eigenvalue weighted by Gasteiger charge is 2.38. The number of hydrogen-bond donors (Lipinski definition) is 1. The van der Waals surface area contributed by atoms with Crippen molar-refractivity contribution in [3.05, 3.63) is 15.6 Å². The van der Waals surface area contributed by atoms with Crippen LogP contribution in [0.4, 0.5) is 0 Å². The normalized spacial score (nSPS) is 29.9. The van der Waals surface area contributed by atoms with E-state index in [-0.39, 0.29) is 0 Å². The lowest BCUT2D eigenvalue weighted by atomic mass is 9.74. The predicted molar refractivity (Wildman–Crippen MR) is 75.0 cm³/mol. The summed E-state index contributed by atoms with van der Waals surface area (Å²) in [6.45, 7) is 1.18. The van der Waals surface area contributed by atoms with E-state index in [0.717, 1.165) is 0 Å². The molecule has 1 aliphatic heterocycles. The van der Waals surface area contributed by atoms with Crippen molar-refractivity contribution < 1.29 is 0 Å². The molecule has 0 amide bonds. The minimum Gasteiger partial charge on any atom is -0.308 e. The number of rotatable bonds is 1. The quantitative estimate of drug-likeness (QED) is 0.836. The second-order valence-corrected chi connectivity index (χ2v) is 7.57. The standard InChI is InChI=1S/C15H22N2S/c1-2-7-15(6-1)8-5-11-13(10-15)18-14(17-11)12-4-3-9-16-12/h12,16H,1-10H2. The number of nitrogens with one attached hydrogen (secondary N) is 1. The van der Waals surface area contributed by atoms with Crippen LogP contribution in [-0.2, 0) is 12.8 Å². The van der Waals surface area contributed by atoms with Gasteiger partial charge in [0.2, 0.25) is 0 Å². The zero-order valence-corrected chi connectivity index (χ0v) is 11.8. The van der Waals surface area contributed by atoms with Gasteiger partial charge in [0.25, 0.3) is 0 Å². The number of nitrogens with zero attached hydrogens (tertiary/aromatic N) is 1. The summed E-state index contributed by atoms with van der Waals surface area (Å²) in [6.07, 6.45) is 12.5. The van der Waals surface area contributed by atoms with Crippen LogP contribution in [-0.4, -0.2) is 11.5 Å². The largest absolute Gasteiger partial charge is 0.308 e. The Morgan fingerprint density at radius 2 is 2.06 bits per heavy atom. The highest BCUT2D eigenvalue weighted by atomic mass is 32.1. The van der Waals surface area contributed by atoms with Crippen molar-refractivity contribution in [3.8, 4) is 0 Å². The van der Waals surface area contributed by atoms with Gasteiger partial charge in [-0.15, -0.1) is 11.3 Å². The van der Waals surface area contributed by atoms with Crippen LogP contribution in [0.25, 0.3) is 0 Å². The molecule has 0 bridgehead atoms. The number of fused-ring (bicyclic) bond motifs is 1. The molecule has 3 heteroatoms. The first-order valence-electron chi connectivity index (χ1n) is 7.57. The Morgan fingerprint density at radius 3 is 2.83 bits per heavy atom. The van der Waals surface area contributed by atoms with Gasteiger partial charge >= 0.3 is 0 Å². The first-order chi connectivity index (χ1) is 8.85. The first kappa shape index (κ1) is 11.4. The van der Waals surface area contributed by atoms with Crippen LogP contribution in [0.5, 0.6) is 0 Å². The summed E-state index contributed by atoms with van der Waals surface area (Å²) in [5.74, 6) is 0. The molecule has 4 rings (SSSR count). The summed E-state index contributed by atoms with van der Waals surface area (Å²) >= 11 is 2.02. The van der Waals surface area contributed by atoms with Crippen LogP contribution in [0.2, 0.25) is 0 Å². The van der Waals surface area contributed by atoms with E-state index in [2.05, 4.69) is 5.32 Å². The van der Waals surface area contributed by atoms with Gasteiger partial charge < -0.3 is 5.32 Å². The average molecular weight is 262 g/mol. The van der Waals surface area contributed by atoms with Gasteiger partial charge in [0, 0.05) is 4.88 Å². The van der Waals surface area contributed by atoms with Crippen LogP contribution < -0.4 is 5.32 Å². The molecule has 1 saturated heterocycles. The maximum absolute atomic E-state index is 4.94. The molecular weight excluding hydrogens is 240 g/mol. The highest BCUT2D eigenvalue weighted by Crippen LogP contribution is 2.49. The zero-order chi connectivity index (χ0) is 12.0. The van der Waals surface area contributed by atoms with Crippen molar-refractivity contribution in [1.82, 2.24) is 10.3 Å². The van der Waals surface area contributed by atoms with Gasteiger partial charge in [-0.3, -0.25) is 0 Å². The van der Waals surface area contributed by atoms with Crippen LogP contribution in [0.15, 0.2) is 0 Å². The summed E-state index contributed by atoms with van der Waals surface area (Å²) in [7, 11) is 0. The third kappa shape index (κ3) is 1.83. The van der Waals surface area contributed by atoms with Gasteiger partial charge in [-0.2, -0.15) is 0 Å². The molecule has 2 nitrogen and oxygen atoms in total. The molecule has 0 radical (unpaired) electrons. The lowest BCUT2D eigenvalue weighted by Gasteiger charge is -2.32. The molecule has 2 heterocycles. The molecule has 1 aromatic rings. The van der Waals surface area contributed by atoms with Gasteiger partial charge in [-0.25, -0.2) is 4.98 Å². The van der Waals surface area contributed by atoms with E-state index in [1.807, 2.05) is 11.3 Å². The van der Waals surface area contributed by atoms with Crippen LogP contribution in [0, 0.1) is 5.41 Å². The molecule has 1 unspecified atom stereocenters. The maximum Gasteiger partial charge on any atom is 0.110 e. The summed E-state index contributed by atoms with van der Waals surface area (Å²) in [6, 6.07) is 0.570. The Labute approximate surface area is 113 Å². The van der Waals surface area contributed by atoms with Crippen LogP contribution in [0.1, 0.15) is 66.6 Å². The monoisotopic (exact) mass is 262 g/mol. The lowest BCUT2D eigenvalue weighted by molar-refractivity contribution is 0.256. The second kappa shape index (κ2) is 4.31. The van der Waals surface area contributed by atoms with E-state index in [4.69, 9.17) is 4.98 Å². The Bertz CT molecular complexity index is 439.